The van der Waals surface area contributed by atoms with Crippen molar-refractivity contribution in [2.45, 2.75) is 44.0 Å². The van der Waals surface area contributed by atoms with E-state index in [1.807, 2.05) is 0 Å². The number of rotatable bonds is 8. The van der Waals surface area contributed by atoms with E-state index in [2.05, 4.69) is 19.2 Å². The van der Waals surface area contributed by atoms with E-state index < -0.39 is 22.4 Å². The Morgan fingerprint density at radius 3 is 2.58 bits per heavy atom. The molecule has 1 aromatic rings. The average molecular weight is 289 g/mol. The van der Waals surface area contributed by atoms with Gasteiger partial charge in [-0.15, -0.1) is 0 Å². The van der Waals surface area contributed by atoms with Gasteiger partial charge < -0.3 is 5.32 Å². The minimum atomic E-state index is -1.44. The van der Waals surface area contributed by atoms with Gasteiger partial charge >= 0.3 is 0 Å². The Labute approximate surface area is 116 Å². The summed E-state index contributed by atoms with van der Waals surface area (Å²) in [6.07, 6.45) is 2.87. The molecule has 2 nitrogen and oxygen atoms in total. The van der Waals surface area contributed by atoms with Crippen molar-refractivity contribution in [2.24, 2.45) is 0 Å². The minimum absolute atomic E-state index is 0.0841. The molecule has 2 unspecified atom stereocenters. The molecule has 108 valence electrons. The molecule has 2 atom stereocenters. The molecule has 0 bridgehead atoms. The van der Waals surface area contributed by atoms with Crippen LogP contribution in [0.15, 0.2) is 23.1 Å². The van der Waals surface area contributed by atoms with Crippen LogP contribution in [-0.2, 0) is 10.8 Å². The molecule has 0 aliphatic heterocycles. The fourth-order valence-corrected chi connectivity index (χ4v) is 3.20. The minimum Gasteiger partial charge on any atom is -0.313 e. The highest BCUT2D eigenvalue weighted by Gasteiger charge is 2.16. The van der Waals surface area contributed by atoms with Crippen molar-refractivity contribution >= 4 is 10.8 Å². The Morgan fingerprint density at radius 2 is 2.00 bits per heavy atom. The normalized spacial score (nSPS) is 14.3. The highest BCUT2D eigenvalue weighted by Crippen LogP contribution is 2.15. The van der Waals surface area contributed by atoms with E-state index in [0.29, 0.717) is 5.75 Å². The number of benzene rings is 1. The highest BCUT2D eigenvalue weighted by molar-refractivity contribution is 7.85. The van der Waals surface area contributed by atoms with Gasteiger partial charge in [0.2, 0.25) is 0 Å². The van der Waals surface area contributed by atoms with Crippen molar-refractivity contribution in [1.29, 1.82) is 0 Å². The molecule has 0 saturated carbocycles. The molecule has 0 fully saturated rings. The molecule has 1 aromatic carbocycles. The first-order valence-corrected chi connectivity index (χ1v) is 7.97. The lowest BCUT2D eigenvalue weighted by molar-refractivity contribution is 0.508. The molecule has 0 spiro atoms. The molecular weight excluding hydrogens is 268 g/mol. The molecule has 0 aromatic heterocycles. The SMILES string of the molecule is CCCNC(CCC)CS(=O)c1ccc(F)cc1F. The third-order valence-corrected chi connectivity index (χ3v) is 4.34. The van der Waals surface area contributed by atoms with Gasteiger partial charge in [-0.3, -0.25) is 4.21 Å². The number of hydrogen-bond acceptors (Lipinski definition) is 2. The van der Waals surface area contributed by atoms with Gasteiger partial charge in [-0.05, 0) is 31.5 Å². The molecule has 19 heavy (non-hydrogen) atoms. The molecule has 0 aliphatic rings. The van der Waals surface area contributed by atoms with Crippen LogP contribution in [0.5, 0.6) is 0 Å². The van der Waals surface area contributed by atoms with Gasteiger partial charge in [-0.2, -0.15) is 0 Å². The molecular formula is C14H21F2NOS. The Hall–Kier alpha value is -0.810. The number of hydrogen-bond donors (Lipinski definition) is 1. The topological polar surface area (TPSA) is 29.1 Å². The average Bonchev–Trinajstić information content (AvgIpc) is 2.36. The fraction of sp³-hybridized carbons (Fsp3) is 0.571. The number of nitrogens with one attached hydrogen (secondary N) is 1. The monoisotopic (exact) mass is 289 g/mol. The van der Waals surface area contributed by atoms with Crippen LogP contribution < -0.4 is 5.32 Å². The second-order valence-electron chi connectivity index (χ2n) is 4.53. The predicted octanol–water partition coefficient (Wildman–Crippen LogP) is 3.24. The molecule has 0 saturated heterocycles. The Kier molecular flexibility index (Phi) is 7.16. The molecule has 0 heterocycles. The van der Waals surface area contributed by atoms with Crippen LogP contribution in [0.25, 0.3) is 0 Å². The Balaban J connectivity index is 2.69. The largest absolute Gasteiger partial charge is 0.313 e. The van der Waals surface area contributed by atoms with E-state index >= 15 is 0 Å². The lowest BCUT2D eigenvalue weighted by Crippen LogP contribution is -2.34. The summed E-state index contributed by atoms with van der Waals surface area (Å²) in [5.41, 5.74) is 0. The summed E-state index contributed by atoms with van der Waals surface area (Å²) < 4.78 is 38.5. The summed E-state index contributed by atoms with van der Waals surface area (Å²) in [7, 11) is -1.44. The van der Waals surface area contributed by atoms with Crippen molar-refractivity contribution in [1.82, 2.24) is 5.32 Å². The van der Waals surface area contributed by atoms with Crippen LogP contribution in [0.4, 0.5) is 8.78 Å². The zero-order valence-corrected chi connectivity index (χ0v) is 12.2. The van der Waals surface area contributed by atoms with Gasteiger partial charge in [0.05, 0.1) is 15.7 Å². The summed E-state index contributed by atoms with van der Waals surface area (Å²) in [5.74, 6) is -1.02. The Morgan fingerprint density at radius 1 is 1.26 bits per heavy atom. The second kappa shape index (κ2) is 8.38. The summed E-state index contributed by atoms with van der Waals surface area (Å²) >= 11 is 0. The molecule has 0 amide bonds. The maximum absolute atomic E-state index is 13.5. The van der Waals surface area contributed by atoms with E-state index in [1.165, 1.54) is 6.07 Å². The molecule has 1 rings (SSSR count). The van der Waals surface area contributed by atoms with Crippen molar-refractivity contribution in [3.63, 3.8) is 0 Å². The lowest BCUT2D eigenvalue weighted by atomic mass is 10.2. The Bertz CT molecular complexity index is 426. The van der Waals surface area contributed by atoms with Crippen LogP contribution in [0.1, 0.15) is 33.1 Å². The standard InChI is InChI=1S/C14H21F2NOS/c1-3-5-12(17-8-4-2)10-19(18)14-7-6-11(15)9-13(14)16/h6-7,9,12,17H,3-5,8,10H2,1-2H3. The van der Waals surface area contributed by atoms with Crippen molar-refractivity contribution < 1.29 is 13.0 Å². The second-order valence-corrected chi connectivity index (χ2v) is 5.99. The molecule has 0 radical (unpaired) electrons. The first-order valence-electron chi connectivity index (χ1n) is 6.65. The van der Waals surface area contributed by atoms with Gasteiger partial charge in [0, 0.05) is 17.9 Å². The van der Waals surface area contributed by atoms with Gasteiger partial charge in [-0.25, -0.2) is 8.78 Å². The van der Waals surface area contributed by atoms with Crippen LogP contribution >= 0.6 is 0 Å². The van der Waals surface area contributed by atoms with E-state index in [4.69, 9.17) is 0 Å². The summed E-state index contributed by atoms with van der Waals surface area (Å²) in [4.78, 5) is 0.0841. The molecule has 5 heteroatoms. The zero-order chi connectivity index (χ0) is 14.3. The smallest absolute Gasteiger partial charge is 0.142 e. The van der Waals surface area contributed by atoms with E-state index in [1.54, 1.807) is 0 Å². The van der Waals surface area contributed by atoms with E-state index in [0.717, 1.165) is 37.9 Å². The summed E-state index contributed by atoms with van der Waals surface area (Å²) in [6, 6.07) is 3.30. The van der Waals surface area contributed by atoms with Crippen LogP contribution in [0, 0.1) is 11.6 Å². The van der Waals surface area contributed by atoms with Crippen molar-refractivity contribution in [3.05, 3.63) is 29.8 Å². The third kappa shape index (κ3) is 5.37. The van der Waals surface area contributed by atoms with Crippen LogP contribution in [0.3, 0.4) is 0 Å². The fourth-order valence-electron chi connectivity index (χ4n) is 1.87. The van der Waals surface area contributed by atoms with Gasteiger partial charge in [0.1, 0.15) is 11.6 Å². The zero-order valence-electron chi connectivity index (χ0n) is 11.4. The van der Waals surface area contributed by atoms with Crippen LogP contribution in [-0.4, -0.2) is 22.5 Å². The van der Waals surface area contributed by atoms with Gasteiger partial charge in [0.15, 0.2) is 0 Å². The molecule has 0 aliphatic carbocycles. The summed E-state index contributed by atoms with van der Waals surface area (Å²) in [6.45, 7) is 4.97. The quantitative estimate of drug-likeness (QED) is 0.796. The number of halogens is 2. The van der Waals surface area contributed by atoms with Gasteiger partial charge in [-0.1, -0.05) is 20.3 Å². The van der Waals surface area contributed by atoms with Gasteiger partial charge in [0.25, 0.3) is 0 Å². The summed E-state index contributed by atoms with van der Waals surface area (Å²) in [5, 5.41) is 3.31. The maximum atomic E-state index is 13.5. The highest BCUT2D eigenvalue weighted by atomic mass is 32.2. The van der Waals surface area contributed by atoms with E-state index in [-0.39, 0.29) is 10.9 Å². The van der Waals surface area contributed by atoms with Crippen molar-refractivity contribution in [2.75, 3.05) is 12.3 Å². The van der Waals surface area contributed by atoms with E-state index in [9.17, 15) is 13.0 Å². The first kappa shape index (κ1) is 16.2. The third-order valence-electron chi connectivity index (χ3n) is 2.81. The maximum Gasteiger partial charge on any atom is 0.142 e. The van der Waals surface area contributed by atoms with Crippen LogP contribution in [0.2, 0.25) is 0 Å². The first-order chi connectivity index (χ1) is 9.08. The predicted molar refractivity (Wildman–Crippen MR) is 74.6 cm³/mol. The van der Waals surface area contributed by atoms with Crippen molar-refractivity contribution in [3.8, 4) is 0 Å². The lowest BCUT2D eigenvalue weighted by Gasteiger charge is -2.17. The molecule has 1 N–H and O–H groups in total.